The number of benzene rings is 2. The SMILES string of the molecule is O=C(NC1CC(F)(F)C1)[C@H](c1ccccc1Cl)N(C(=O)[C@@H]1CCC(=O)N1c1cc(Cl)ccn1)c1cccc(CO)c1. The van der Waals surface area contributed by atoms with Crippen LogP contribution in [0.15, 0.2) is 66.9 Å². The lowest BCUT2D eigenvalue weighted by molar-refractivity contribution is -0.133. The zero-order chi connectivity index (χ0) is 29.3. The van der Waals surface area contributed by atoms with Crippen LogP contribution in [-0.2, 0) is 21.0 Å². The fraction of sp³-hybridized carbons (Fsp3) is 0.310. The molecular formula is C29H26Cl2F2N4O4. The second kappa shape index (κ2) is 11.7. The van der Waals surface area contributed by atoms with Crippen molar-refractivity contribution in [3.63, 3.8) is 0 Å². The van der Waals surface area contributed by atoms with E-state index in [4.69, 9.17) is 23.2 Å². The maximum absolute atomic E-state index is 14.5. The highest BCUT2D eigenvalue weighted by Gasteiger charge is 2.48. The molecule has 2 heterocycles. The standard InChI is InChI=1S/C29H26Cl2F2N4O4/c30-18-10-11-34-24(13-18)37-23(8-9-25(37)39)28(41)36(20-5-3-4-17(12-20)16-38)26(21-6-1-2-7-22(21)31)27(40)35-19-14-29(32,33)15-19/h1-7,10-13,19,23,26,38H,8-9,14-16H2,(H,35,40)/t23-,26-/m0/s1. The van der Waals surface area contributed by atoms with Crippen molar-refractivity contribution >= 4 is 52.4 Å². The van der Waals surface area contributed by atoms with E-state index in [0.29, 0.717) is 10.6 Å². The Hall–Kier alpha value is -3.60. The third kappa shape index (κ3) is 6.05. The summed E-state index contributed by atoms with van der Waals surface area (Å²) in [6, 6.07) is 12.6. The number of hydrogen-bond acceptors (Lipinski definition) is 5. The van der Waals surface area contributed by atoms with Crippen molar-refractivity contribution in [1.82, 2.24) is 10.3 Å². The Balaban J connectivity index is 1.61. The number of aliphatic hydroxyl groups excluding tert-OH is 1. The van der Waals surface area contributed by atoms with Crippen LogP contribution < -0.4 is 15.1 Å². The largest absolute Gasteiger partial charge is 0.392 e. The maximum atomic E-state index is 14.5. The van der Waals surface area contributed by atoms with Gasteiger partial charge < -0.3 is 10.4 Å². The van der Waals surface area contributed by atoms with E-state index in [9.17, 15) is 28.3 Å². The van der Waals surface area contributed by atoms with Gasteiger partial charge in [-0.15, -0.1) is 0 Å². The molecule has 1 aliphatic carbocycles. The maximum Gasteiger partial charge on any atom is 0.252 e. The smallest absolute Gasteiger partial charge is 0.252 e. The second-order valence-corrected chi connectivity index (χ2v) is 10.9. The molecule has 12 heteroatoms. The molecule has 0 spiro atoms. The number of nitrogens with zero attached hydrogens (tertiary/aromatic N) is 3. The first-order chi connectivity index (χ1) is 19.6. The lowest BCUT2D eigenvalue weighted by atomic mass is 9.87. The molecule has 0 bridgehead atoms. The summed E-state index contributed by atoms with van der Waals surface area (Å²) in [5, 5.41) is 13.0. The average molecular weight is 603 g/mol. The summed E-state index contributed by atoms with van der Waals surface area (Å²) in [5.74, 6) is -4.38. The van der Waals surface area contributed by atoms with Gasteiger partial charge in [-0.25, -0.2) is 13.8 Å². The van der Waals surface area contributed by atoms with Crippen molar-refractivity contribution in [3.8, 4) is 0 Å². The molecule has 0 radical (unpaired) electrons. The number of nitrogens with one attached hydrogen (secondary N) is 1. The number of aliphatic hydroxyl groups is 1. The van der Waals surface area contributed by atoms with E-state index in [1.165, 1.54) is 28.1 Å². The Morgan fingerprint density at radius 2 is 1.88 bits per heavy atom. The fourth-order valence-electron chi connectivity index (χ4n) is 5.24. The van der Waals surface area contributed by atoms with Crippen molar-refractivity contribution in [3.05, 3.63) is 88.0 Å². The van der Waals surface area contributed by atoms with E-state index < -0.39 is 48.7 Å². The van der Waals surface area contributed by atoms with Gasteiger partial charge >= 0.3 is 0 Å². The molecule has 2 atom stereocenters. The molecule has 41 heavy (non-hydrogen) atoms. The predicted octanol–water partition coefficient (Wildman–Crippen LogP) is 5.06. The van der Waals surface area contributed by atoms with Gasteiger partial charge in [-0.05, 0) is 42.3 Å². The van der Waals surface area contributed by atoms with Crippen LogP contribution in [0.25, 0.3) is 0 Å². The number of carbonyl (C=O) groups excluding carboxylic acids is 3. The highest BCUT2D eigenvalue weighted by molar-refractivity contribution is 6.32. The Bertz CT molecular complexity index is 1480. The topological polar surface area (TPSA) is 103 Å². The molecule has 5 rings (SSSR count). The molecule has 2 aliphatic rings. The molecule has 0 unspecified atom stereocenters. The Morgan fingerprint density at radius 3 is 2.56 bits per heavy atom. The summed E-state index contributed by atoms with van der Waals surface area (Å²) in [7, 11) is 0. The highest BCUT2D eigenvalue weighted by atomic mass is 35.5. The number of halogens is 4. The van der Waals surface area contributed by atoms with Gasteiger partial charge in [0.1, 0.15) is 17.9 Å². The lowest BCUT2D eigenvalue weighted by Crippen LogP contribution is -2.56. The Morgan fingerprint density at radius 1 is 1.12 bits per heavy atom. The van der Waals surface area contributed by atoms with Gasteiger partial charge in [0, 0.05) is 52.8 Å². The van der Waals surface area contributed by atoms with Crippen molar-refractivity contribution in [2.24, 2.45) is 0 Å². The summed E-state index contributed by atoms with van der Waals surface area (Å²) >= 11 is 12.7. The summed E-state index contributed by atoms with van der Waals surface area (Å²) in [4.78, 5) is 48.1. The minimum Gasteiger partial charge on any atom is -0.392 e. The first kappa shape index (κ1) is 28.9. The molecule has 214 valence electrons. The minimum atomic E-state index is -2.88. The number of amides is 3. The van der Waals surface area contributed by atoms with E-state index in [1.807, 2.05) is 0 Å². The van der Waals surface area contributed by atoms with Gasteiger partial charge in [0.2, 0.25) is 11.8 Å². The number of carbonyl (C=O) groups is 3. The lowest BCUT2D eigenvalue weighted by Gasteiger charge is -2.39. The molecular weight excluding hydrogens is 577 g/mol. The Kier molecular flexibility index (Phi) is 8.26. The van der Waals surface area contributed by atoms with Crippen molar-refractivity contribution < 1.29 is 28.3 Å². The second-order valence-electron chi connectivity index (χ2n) is 10.1. The highest BCUT2D eigenvalue weighted by Crippen LogP contribution is 2.40. The first-order valence-corrected chi connectivity index (χ1v) is 13.7. The zero-order valence-electron chi connectivity index (χ0n) is 21.6. The summed E-state index contributed by atoms with van der Waals surface area (Å²) in [6.45, 7) is -0.337. The normalized spacial score (nSPS) is 19.0. The minimum absolute atomic E-state index is 0.0508. The average Bonchev–Trinajstić information content (AvgIpc) is 3.32. The molecule has 1 saturated carbocycles. The number of rotatable bonds is 8. The molecule has 2 fully saturated rings. The monoisotopic (exact) mass is 602 g/mol. The van der Waals surface area contributed by atoms with E-state index in [2.05, 4.69) is 10.3 Å². The number of pyridine rings is 1. The number of anilines is 2. The van der Waals surface area contributed by atoms with Gasteiger partial charge in [-0.3, -0.25) is 24.2 Å². The van der Waals surface area contributed by atoms with Gasteiger partial charge in [0.25, 0.3) is 11.8 Å². The number of aromatic nitrogens is 1. The van der Waals surface area contributed by atoms with E-state index in [1.54, 1.807) is 48.5 Å². The molecule has 3 amide bonds. The third-order valence-corrected chi connectivity index (χ3v) is 7.78. The predicted molar refractivity (Wildman–Crippen MR) is 150 cm³/mol. The van der Waals surface area contributed by atoms with Gasteiger partial charge in [-0.1, -0.05) is 53.5 Å². The molecule has 1 aliphatic heterocycles. The van der Waals surface area contributed by atoms with E-state index >= 15 is 0 Å². The number of alkyl halides is 2. The van der Waals surface area contributed by atoms with Crippen LogP contribution in [-0.4, -0.2) is 45.8 Å². The fourth-order valence-corrected chi connectivity index (χ4v) is 5.63. The van der Waals surface area contributed by atoms with Crippen LogP contribution >= 0.6 is 23.2 Å². The van der Waals surface area contributed by atoms with E-state index in [0.717, 1.165) is 0 Å². The molecule has 1 saturated heterocycles. The van der Waals surface area contributed by atoms with Crippen molar-refractivity contribution in [2.45, 2.75) is 56.3 Å². The first-order valence-electron chi connectivity index (χ1n) is 13.0. The Labute approximate surface area is 244 Å². The van der Waals surface area contributed by atoms with Crippen LogP contribution in [0.5, 0.6) is 0 Å². The van der Waals surface area contributed by atoms with E-state index in [-0.39, 0.29) is 47.4 Å². The molecule has 1 aromatic heterocycles. The third-order valence-electron chi connectivity index (χ3n) is 7.20. The zero-order valence-corrected chi connectivity index (χ0v) is 23.2. The van der Waals surface area contributed by atoms with Crippen molar-refractivity contribution in [1.29, 1.82) is 0 Å². The van der Waals surface area contributed by atoms with Crippen LogP contribution in [0.1, 0.15) is 42.9 Å². The molecule has 2 aromatic carbocycles. The van der Waals surface area contributed by atoms with Crippen LogP contribution in [0.3, 0.4) is 0 Å². The van der Waals surface area contributed by atoms with Gasteiger partial charge in [0.15, 0.2) is 0 Å². The summed E-state index contributed by atoms with van der Waals surface area (Å²) < 4.78 is 27.2. The number of hydrogen-bond donors (Lipinski definition) is 2. The molecule has 2 N–H and O–H groups in total. The van der Waals surface area contributed by atoms with Crippen LogP contribution in [0.2, 0.25) is 10.0 Å². The van der Waals surface area contributed by atoms with Crippen molar-refractivity contribution in [2.75, 3.05) is 9.80 Å². The van der Waals surface area contributed by atoms with Crippen LogP contribution in [0.4, 0.5) is 20.3 Å². The molecule has 8 nitrogen and oxygen atoms in total. The van der Waals surface area contributed by atoms with Gasteiger partial charge in [-0.2, -0.15) is 0 Å². The van der Waals surface area contributed by atoms with Crippen LogP contribution in [0, 0.1) is 0 Å². The quantitative estimate of drug-likeness (QED) is 0.375. The molecule has 3 aromatic rings. The summed E-state index contributed by atoms with van der Waals surface area (Å²) in [6.07, 6.45) is 0.561. The summed E-state index contributed by atoms with van der Waals surface area (Å²) in [5.41, 5.74) is 0.976. The van der Waals surface area contributed by atoms with Gasteiger partial charge in [0.05, 0.1) is 6.61 Å².